The molecule has 0 aromatic heterocycles. The third-order valence-corrected chi connectivity index (χ3v) is 0.942. The number of ether oxygens (including phenoxy) is 1. The zero-order chi connectivity index (χ0) is 7.49. The van der Waals surface area contributed by atoms with Gasteiger partial charge in [-0.05, 0) is 0 Å². The van der Waals surface area contributed by atoms with Crippen LogP contribution in [0.25, 0.3) is 0 Å². The van der Waals surface area contributed by atoms with Crippen molar-refractivity contribution in [1.82, 2.24) is 0 Å². The van der Waals surface area contributed by atoms with Gasteiger partial charge in [0.15, 0.2) is 15.8 Å². The lowest BCUT2D eigenvalue weighted by Gasteiger charge is -1.94. The monoisotopic (exact) mass is 154 g/mol. The first-order valence-electron chi connectivity index (χ1n) is 1.95. The van der Waals surface area contributed by atoms with Crippen molar-refractivity contribution in [3.05, 3.63) is 0 Å². The average Bonchev–Trinajstić information content (AvgIpc) is 1.59. The molecule has 0 bridgehead atoms. The number of hydrogen-bond acceptors (Lipinski definition) is 4. The van der Waals surface area contributed by atoms with Crippen LogP contribution in [0.4, 0.5) is 4.79 Å². The number of sulfone groups is 1. The molecule has 0 aliphatic carbocycles. The molecule has 0 saturated carbocycles. The molecule has 0 saturated heterocycles. The second-order valence-corrected chi connectivity index (χ2v) is 3.54. The summed E-state index contributed by atoms with van der Waals surface area (Å²) in [5.41, 5.74) is 0. The highest BCUT2D eigenvalue weighted by molar-refractivity contribution is 7.90. The number of carboxylic acid groups (broad SMARTS) is 1. The minimum Gasteiger partial charge on any atom is -0.450 e. The lowest BCUT2D eigenvalue weighted by molar-refractivity contribution is 0.107. The highest BCUT2D eigenvalue weighted by Gasteiger charge is 2.04. The maximum absolute atomic E-state index is 10.1. The Bertz CT molecular complexity index is 190. The molecular weight excluding hydrogens is 148 g/mol. The van der Waals surface area contributed by atoms with E-state index < -0.39 is 21.9 Å². The summed E-state index contributed by atoms with van der Waals surface area (Å²) in [4.78, 5) is 9.56. The predicted octanol–water partition coefficient (Wildman–Crippen LogP) is -0.317. The lowest BCUT2D eigenvalue weighted by Crippen LogP contribution is -2.10. The lowest BCUT2D eigenvalue weighted by atomic mass is 11.4. The van der Waals surface area contributed by atoms with E-state index in [2.05, 4.69) is 4.74 Å². The number of rotatable bonds is 2. The van der Waals surface area contributed by atoms with Crippen molar-refractivity contribution in [1.29, 1.82) is 0 Å². The molecular formula is C3H6O5S. The molecule has 0 aromatic rings. The van der Waals surface area contributed by atoms with Crippen molar-refractivity contribution in [2.75, 3.05) is 12.2 Å². The zero-order valence-electron chi connectivity index (χ0n) is 4.70. The Labute approximate surface area is 52.2 Å². The molecule has 0 atom stereocenters. The molecule has 0 unspecified atom stereocenters. The van der Waals surface area contributed by atoms with Crippen LogP contribution < -0.4 is 0 Å². The van der Waals surface area contributed by atoms with Gasteiger partial charge in [-0.25, -0.2) is 13.2 Å². The van der Waals surface area contributed by atoms with Crippen LogP contribution in [-0.2, 0) is 14.6 Å². The fourth-order valence-electron chi connectivity index (χ4n) is 0.157. The van der Waals surface area contributed by atoms with Gasteiger partial charge in [0.1, 0.15) is 0 Å². The van der Waals surface area contributed by atoms with Crippen LogP contribution in [0.5, 0.6) is 0 Å². The van der Waals surface area contributed by atoms with Crippen LogP contribution in [-0.4, -0.2) is 31.9 Å². The van der Waals surface area contributed by atoms with E-state index in [-0.39, 0.29) is 0 Å². The van der Waals surface area contributed by atoms with Gasteiger partial charge in [0, 0.05) is 6.26 Å². The molecule has 0 amide bonds. The molecule has 1 N–H and O–H groups in total. The van der Waals surface area contributed by atoms with Gasteiger partial charge in [-0.3, -0.25) is 0 Å². The topological polar surface area (TPSA) is 80.7 Å². The van der Waals surface area contributed by atoms with Gasteiger partial charge >= 0.3 is 6.16 Å². The molecule has 0 rings (SSSR count). The second kappa shape index (κ2) is 2.67. The molecule has 0 aliphatic rings. The number of carbonyl (C=O) groups is 1. The summed E-state index contributed by atoms with van der Waals surface area (Å²) in [5.74, 6) is -0.775. The maximum atomic E-state index is 10.1. The van der Waals surface area contributed by atoms with E-state index in [1.807, 2.05) is 0 Å². The fourth-order valence-corrected chi connectivity index (χ4v) is 0.472. The van der Waals surface area contributed by atoms with Crippen LogP contribution >= 0.6 is 0 Å². The first-order chi connectivity index (χ1) is 3.92. The third kappa shape index (κ3) is 7.22. The molecule has 54 valence electrons. The summed E-state index contributed by atoms with van der Waals surface area (Å²) in [6.07, 6.45) is -0.698. The highest BCUT2D eigenvalue weighted by atomic mass is 32.2. The summed E-state index contributed by atoms with van der Waals surface area (Å²) in [5, 5.41) is 7.79. The van der Waals surface area contributed by atoms with Gasteiger partial charge in [0.25, 0.3) is 0 Å². The van der Waals surface area contributed by atoms with Gasteiger partial charge in [0.05, 0.1) is 0 Å². The Morgan fingerprint density at radius 2 is 2.11 bits per heavy atom. The molecule has 9 heavy (non-hydrogen) atoms. The Morgan fingerprint density at radius 1 is 1.67 bits per heavy atom. The molecule has 0 heterocycles. The fraction of sp³-hybridized carbons (Fsp3) is 0.667. The zero-order valence-corrected chi connectivity index (χ0v) is 5.51. The first-order valence-corrected chi connectivity index (χ1v) is 4.01. The maximum Gasteiger partial charge on any atom is 0.506 e. The van der Waals surface area contributed by atoms with Crippen molar-refractivity contribution in [2.45, 2.75) is 0 Å². The SMILES string of the molecule is CS(=O)(=O)COC(=O)O. The van der Waals surface area contributed by atoms with Gasteiger partial charge in [-0.2, -0.15) is 0 Å². The Hall–Kier alpha value is -0.780. The van der Waals surface area contributed by atoms with Crippen LogP contribution in [0, 0.1) is 0 Å². The van der Waals surface area contributed by atoms with Crippen molar-refractivity contribution >= 4 is 16.0 Å². The quantitative estimate of drug-likeness (QED) is 0.551. The smallest absolute Gasteiger partial charge is 0.450 e. The van der Waals surface area contributed by atoms with Crippen molar-refractivity contribution in [3.63, 3.8) is 0 Å². The van der Waals surface area contributed by atoms with E-state index >= 15 is 0 Å². The standard InChI is InChI=1S/C3H6O5S/c1-9(6,7)2-8-3(4)5/h2H2,1H3,(H,4,5). The summed E-state index contributed by atoms with van der Waals surface area (Å²) >= 11 is 0. The summed E-state index contributed by atoms with van der Waals surface area (Å²) in [7, 11) is -3.32. The largest absolute Gasteiger partial charge is 0.506 e. The van der Waals surface area contributed by atoms with E-state index in [4.69, 9.17) is 5.11 Å². The van der Waals surface area contributed by atoms with Crippen molar-refractivity contribution in [3.8, 4) is 0 Å². The van der Waals surface area contributed by atoms with Crippen LogP contribution in [0.1, 0.15) is 0 Å². The molecule has 0 spiro atoms. The molecule has 0 fully saturated rings. The van der Waals surface area contributed by atoms with Crippen LogP contribution in [0.2, 0.25) is 0 Å². The molecule has 6 heteroatoms. The summed E-state index contributed by atoms with van der Waals surface area (Å²) in [6.45, 7) is 0. The van der Waals surface area contributed by atoms with Gasteiger partial charge in [0.2, 0.25) is 0 Å². The minimum atomic E-state index is -3.32. The average molecular weight is 154 g/mol. The van der Waals surface area contributed by atoms with Crippen molar-refractivity contribution < 1.29 is 23.1 Å². The predicted molar refractivity (Wildman–Crippen MR) is 28.8 cm³/mol. The van der Waals surface area contributed by atoms with Crippen LogP contribution in [0.15, 0.2) is 0 Å². The van der Waals surface area contributed by atoms with E-state index in [1.54, 1.807) is 0 Å². The summed E-state index contributed by atoms with van der Waals surface area (Å²) in [6, 6.07) is 0. The van der Waals surface area contributed by atoms with Crippen molar-refractivity contribution in [2.24, 2.45) is 0 Å². The van der Waals surface area contributed by atoms with Gasteiger partial charge in [-0.15, -0.1) is 0 Å². The van der Waals surface area contributed by atoms with E-state index in [0.717, 1.165) is 6.26 Å². The molecule has 0 aliphatic heterocycles. The normalized spacial score (nSPS) is 10.8. The number of hydrogen-bond donors (Lipinski definition) is 1. The minimum absolute atomic E-state index is 0.775. The van der Waals surface area contributed by atoms with E-state index in [9.17, 15) is 13.2 Å². The molecule has 0 radical (unpaired) electrons. The second-order valence-electron chi connectivity index (χ2n) is 1.45. The van der Waals surface area contributed by atoms with Crippen LogP contribution in [0.3, 0.4) is 0 Å². The highest BCUT2D eigenvalue weighted by Crippen LogP contribution is 1.84. The first kappa shape index (κ1) is 8.22. The van der Waals surface area contributed by atoms with E-state index in [1.165, 1.54) is 0 Å². The summed E-state index contributed by atoms with van der Waals surface area (Å²) < 4.78 is 24.0. The molecule has 0 aromatic carbocycles. The Kier molecular flexibility index (Phi) is 2.44. The Balaban J connectivity index is 3.67. The molecule has 5 nitrogen and oxygen atoms in total. The van der Waals surface area contributed by atoms with Gasteiger partial charge < -0.3 is 9.84 Å². The van der Waals surface area contributed by atoms with Gasteiger partial charge in [-0.1, -0.05) is 0 Å². The Morgan fingerprint density at radius 3 is 2.22 bits per heavy atom. The third-order valence-electron chi connectivity index (χ3n) is 0.396. The van der Waals surface area contributed by atoms with E-state index in [0.29, 0.717) is 0 Å².